The average molecular weight is 526 g/mol. The summed E-state index contributed by atoms with van der Waals surface area (Å²) in [6, 6.07) is 21.3. The summed E-state index contributed by atoms with van der Waals surface area (Å²) in [6.45, 7) is 0. The molecule has 3 aromatic carbocycles. The van der Waals surface area contributed by atoms with Gasteiger partial charge in [0.15, 0.2) is 0 Å². The number of hydrogen-bond acceptors (Lipinski definition) is 2. The Balaban J connectivity index is 1.76. The number of benzene rings is 3. The van der Waals surface area contributed by atoms with Gasteiger partial charge in [-0.1, -0.05) is 80.4 Å². The quantitative estimate of drug-likeness (QED) is 0.304. The summed E-state index contributed by atoms with van der Waals surface area (Å²) in [6.07, 6.45) is 8.53. The SMILES string of the molecule is CN(C)c1ccc(/C=C/c2cc(Br)c(/C=C/c3ccc(N(C)C)cc3)cc2Br)cc1. The molecule has 0 radical (unpaired) electrons. The summed E-state index contributed by atoms with van der Waals surface area (Å²) < 4.78 is 2.13. The zero-order valence-electron chi connectivity index (χ0n) is 17.7. The minimum Gasteiger partial charge on any atom is -0.378 e. The summed E-state index contributed by atoms with van der Waals surface area (Å²) in [4.78, 5) is 4.20. The largest absolute Gasteiger partial charge is 0.378 e. The Bertz CT molecular complexity index is 960. The second-order valence-corrected chi connectivity index (χ2v) is 9.24. The highest BCUT2D eigenvalue weighted by Gasteiger charge is 2.04. The predicted octanol–water partition coefficient (Wildman–Crippen LogP) is 7.68. The van der Waals surface area contributed by atoms with Crippen LogP contribution < -0.4 is 9.80 Å². The fraction of sp³-hybridized carbons (Fsp3) is 0.154. The lowest BCUT2D eigenvalue weighted by atomic mass is 10.1. The van der Waals surface area contributed by atoms with Crippen LogP contribution in [0.5, 0.6) is 0 Å². The van der Waals surface area contributed by atoms with E-state index >= 15 is 0 Å². The van der Waals surface area contributed by atoms with Crippen LogP contribution in [0.4, 0.5) is 11.4 Å². The maximum Gasteiger partial charge on any atom is 0.0361 e. The Hall–Kier alpha value is -2.30. The minimum absolute atomic E-state index is 1.06. The number of nitrogens with zero attached hydrogens (tertiary/aromatic N) is 2. The van der Waals surface area contributed by atoms with Crippen molar-refractivity contribution < 1.29 is 0 Å². The first-order valence-corrected chi connectivity index (χ1v) is 11.3. The molecule has 0 aromatic heterocycles. The standard InChI is InChI=1S/C26H26Br2N2/c1-29(2)23-13-7-19(8-14-23)5-11-21-17-26(28)22(18-25(21)27)12-6-20-9-15-24(16-10-20)30(3)4/h5-18H,1-4H3/b11-5+,12-6+. The van der Waals surface area contributed by atoms with Gasteiger partial charge in [0, 0.05) is 48.5 Å². The molecule has 0 amide bonds. The number of hydrogen-bond donors (Lipinski definition) is 0. The van der Waals surface area contributed by atoms with Gasteiger partial charge in [-0.05, 0) is 58.7 Å². The predicted molar refractivity (Wildman–Crippen MR) is 141 cm³/mol. The first-order chi connectivity index (χ1) is 14.3. The third-order valence-electron chi connectivity index (χ3n) is 4.85. The average Bonchev–Trinajstić information content (AvgIpc) is 2.73. The zero-order valence-corrected chi connectivity index (χ0v) is 20.9. The molecule has 0 aliphatic heterocycles. The second-order valence-electron chi connectivity index (χ2n) is 7.53. The molecular formula is C26H26Br2N2. The van der Waals surface area contributed by atoms with Crippen LogP contribution in [0.3, 0.4) is 0 Å². The van der Waals surface area contributed by atoms with Crippen LogP contribution in [0.2, 0.25) is 0 Å². The topological polar surface area (TPSA) is 6.48 Å². The molecule has 3 aromatic rings. The molecule has 3 rings (SSSR count). The first kappa shape index (κ1) is 22.4. The lowest BCUT2D eigenvalue weighted by Gasteiger charge is -2.12. The normalized spacial score (nSPS) is 11.4. The Kier molecular flexibility index (Phi) is 7.57. The molecule has 2 nitrogen and oxygen atoms in total. The second kappa shape index (κ2) is 10.1. The molecule has 0 heterocycles. The van der Waals surface area contributed by atoms with E-state index in [1.54, 1.807) is 0 Å². The number of rotatable bonds is 6. The molecule has 4 heteroatoms. The van der Waals surface area contributed by atoms with Gasteiger partial charge in [-0.25, -0.2) is 0 Å². The summed E-state index contributed by atoms with van der Waals surface area (Å²) in [5.41, 5.74) is 7.01. The van der Waals surface area contributed by atoms with Crippen LogP contribution in [0, 0.1) is 0 Å². The Labute approximate surface area is 196 Å². The monoisotopic (exact) mass is 524 g/mol. The highest BCUT2D eigenvalue weighted by molar-refractivity contribution is 9.11. The van der Waals surface area contributed by atoms with Crippen molar-refractivity contribution in [3.8, 4) is 0 Å². The number of anilines is 2. The summed E-state index contributed by atoms with van der Waals surface area (Å²) in [5, 5.41) is 0. The molecule has 0 unspecified atom stereocenters. The Morgan fingerprint density at radius 3 is 1.17 bits per heavy atom. The molecule has 0 atom stereocenters. The van der Waals surface area contributed by atoms with E-state index in [-0.39, 0.29) is 0 Å². The molecule has 0 aliphatic carbocycles. The van der Waals surface area contributed by atoms with E-state index in [4.69, 9.17) is 0 Å². The summed E-state index contributed by atoms with van der Waals surface area (Å²) in [7, 11) is 8.20. The van der Waals surface area contributed by atoms with Crippen LogP contribution in [0.15, 0.2) is 69.6 Å². The van der Waals surface area contributed by atoms with E-state index < -0.39 is 0 Å². The maximum absolute atomic E-state index is 3.72. The van der Waals surface area contributed by atoms with Crippen molar-refractivity contribution in [3.05, 3.63) is 91.9 Å². The van der Waals surface area contributed by atoms with E-state index in [2.05, 4.69) is 127 Å². The summed E-state index contributed by atoms with van der Waals surface area (Å²) in [5.74, 6) is 0. The van der Waals surface area contributed by atoms with E-state index in [1.165, 1.54) is 22.5 Å². The van der Waals surface area contributed by atoms with E-state index in [9.17, 15) is 0 Å². The highest BCUT2D eigenvalue weighted by Crippen LogP contribution is 2.29. The van der Waals surface area contributed by atoms with Crippen molar-refractivity contribution in [2.24, 2.45) is 0 Å². The molecule has 0 aliphatic rings. The van der Waals surface area contributed by atoms with Crippen LogP contribution in [0.25, 0.3) is 24.3 Å². The van der Waals surface area contributed by atoms with Crippen LogP contribution >= 0.6 is 31.9 Å². The molecule has 154 valence electrons. The minimum atomic E-state index is 1.06. The third kappa shape index (κ3) is 5.87. The van der Waals surface area contributed by atoms with Crippen molar-refractivity contribution >= 4 is 67.5 Å². The molecule has 0 spiro atoms. The Morgan fingerprint density at radius 1 is 0.533 bits per heavy atom. The molecule has 0 saturated carbocycles. The van der Waals surface area contributed by atoms with Crippen LogP contribution in [0.1, 0.15) is 22.3 Å². The van der Waals surface area contributed by atoms with Crippen molar-refractivity contribution in [1.82, 2.24) is 0 Å². The van der Waals surface area contributed by atoms with Gasteiger partial charge in [0.2, 0.25) is 0 Å². The van der Waals surface area contributed by atoms with Gasteiger partial charge in [-0.15, -0.1) is 0 Å². The molecule has 30 heavy (non-hydrogen) atoms. The van der Waals surface area contributed by atoms with Crippen molar-refractivity contribution in [1.29, 1.82) is 0 Å². The van der Waals surface area contributed by atoms with Crippen LogP contribution in [-0.4, -0.2) is 28.2 Å². The summed E-state index contributed by atoms with van der Waals surface area (Å²) >= 11 is 7.44. The molecule has 0 bridgehead atoms. The van der Waals surface area contributed by atoms with Gasteiger partial charge in [-0.2, -0.15) is 0 Å². The van der Waals surface area contributed by atoms with Gasteiger partial charge in [-0.3, -0.25) is 0 Å². The first-order valence-electron chi connectivity index (χ1n) is 9.73. The lowest BCUT2D eigenvalue weighted by Crippen LogP contribution is -2.07. The molecular weight excluding hydrogens is 500 g/mol. The molecule has 0 N–H and O–H groups in total. The van der Waals surface area contributed by atoms with Gasteiger partial charge in [0.25, 0.3) is 0 Å². The van der Waals surface area contributed by atoms with Crippen molar-refractivity contribution in [3.63, 3.8) is 0 Å². The van der Waals surface area contributed by atoms with E-state index in [0.29, 0.717) is 0 Å². The maximum atomic E-state index is 3.72. The van der Waals surface area contributed by atoms with Gasteiger partial charge < -0.3 is 9.80 Å². The fourth-order valence-corrected chi connectivity index (χ4v) is 3.96. The van der Waals surface area contributed by atoms with E-state index in [0.717, 1.165) is 20.1 Å². The zero-order chi connectivity index (χ0) is 21.7. The lowest BCUT2D eigenvalue weighted by molar-refractivity contribution is 1.13. The van der Waals surface area contributed by atoms with Gasteiger partial charge in [0.05, 0.1) is 0 Å². The fourth-order valence-electron chi connectivity index (χ4n) is 2.97. The van der Waals surface area contributed by atoms with Crippen molar-refractivity contribution in [2.75, 3.05) is 38.0 Å². The number of halogens is 2. The Morgan fingerprint density at radius 2 is 0.867 bits per heavy atom. The van der Waals surface area contributed by atoms with Crippen molar-refractivity contribution in [2.45, 2.75) is 0 Å². The molecule has 0 fully saturated rings. The highest BCUT2D eigenvalue weighted by atomic mass is 79.9. The van der Waals surface area contributed by atoms with Crippen LogP contribution in [-0.2, 0) is 0 Å². The smallest absolute Gasteiger partial charge is 0.0361 e. The van der Waals surface area contributed by atoms with Gasteiger partial charge >= 0.3 is 0 Å². The molecule has 0 saturated heterocycles. The van der Waals surface area contributed by atoms with Gasteiger partial charge in [0.1, 0.15) is 0 Å². The van der Waals surface area contributed by atoms with E-state index in [1.807, 2.05) is 28.2 Å². The third-order valence-corrected chi connectivity index (χ3v) is 6.22.